The second-order valence-corrected chi connectivity index (χ2v) is 14.3. The van der Waals surface area contributed by atoms with Crippen LogP contribution in [0.15, 0.2) is 54.7 Å². The molecule has 8 N–H and O–H groups in total. The van der Waals surface area contributed by atoms with Gasteiger partial charge in [0.2, 0.25) is 29.5 Å². The Balaban J connectivity index is 1.25. The number of fused-ring (bicyclic) bond motifs is 1. The molecule has 53 heavy (non-hydrogen) atoms. The van der Waals surface area contributed by atoms with Crippen molar-refractivity contribution in [2.75, 3.05) is 31.6 Å². The summed E-state index contributed by atoms with van der Waals surface area (Å²) in [4.78, 5) is 83.6. The number of carbonyl (C=O) groups is 6. The number of carboxylic acid groups (broad SMARTS) is 1. The van der Waals surface area contributed by atoms with Gasteiger partial charge in [-0.15, -0.1) is 0 Å². The molecule has 0 unspecified atom stereocenters. The Morgan fingerprint density at radius 2 is 1.66 bits per heavy atom. The number of benzene rings is 2. The van der Waals surface area contributed by atoms with E-state index in [4.69, 9.17) is 0 Å². The lowest BCUT2D eigenvalue weighted by Gasteiger charge is -2.29. The fraction of sp³-hybridized carbons (Fsp3) is 0.459. The minimum atomic E-state index is -1.26. The second-order valence-electron chi connectivity index (χ2n) is 13.4. The fourth-order valence-corrected chi connectivity index (χ4v) is 7.25. The van der Waals surface area contributed by atoms with Crippen LogP contribution in [0.5, 0.6) is 5.75 Å². The number of hydrogen-bond acceptors (Lipinski definition) is 9. The van der Waals surface area contributed by atoms with Crippen LogP contribution in [0.2, 0.25) is 0 Å². The molecule has 0 bridgehead atoms. The maximum atomic E-state index is 14.1. The zero-order valence-corrected chi connectivity index (χ0v) is 30.4. The monoisotopic (exact) mass is 749 g/mol. The van der Waals surface area contributed by atoms with Crippen LogP contribution in [0.3, 0.4) is 0 Å². The van der Waals surface area contributed by atoms with E-state index >= 15 is 0 Å². The molecule has 2 aliphatic heterocycles. The molecule has 0 saturated carbocycles. The molecule has 2 fully saturated rings. The molecule has 1 aromatic heterocycles. The highest BCUT2D eigenvalue weighted by Gasteiger charge is 2.39. The average molecular weight is 750 g/mol. The number of carboxylic acids is 1. The molecule has 0 spiro atoms. The number of phenols is 1. The number of aromatic hydroxyl groups is 1. The number of amides is 5. The van der Waals surface area contributed by atoms with Gasteiger partial charge in [-0.05, 0) is 80.0 Å². The first-order chi connectivity index (χ1) is 25.5. The molecule has 0 radical (unpaired) electrons. The maximum absolute atomic E-state index is 14.1. The minimum absolute atomic E-state index is 0.0166. The molecule has 5 rings (SSSR count). The lowest BCUT2D eigenvalue weighted by atomic mass is 10.0. The summed E-state index contributed by atoms with van der Waals surface area (Å²) in [6, 6.07) is 8.96. The highest BCUT2D eigenvalue weighted by Crippen LogP contribution is 2.22. The van der Waals surface area contributed by atoms with Gasteiger partial charge in [0.1, 0.15) is 29.9 Å². The molecule has 3 heterocycles. The van der Waals surface area contributed by atoms with E-state index in [2.05, 4.69) is 31.6 Å². The highest BCUT2D eigenvalue weighted by molar-refractivity contribution is 7.98. The molecule has 2 saturated heterocycles. The first-order valence-corrected chi connectivity index (χ1v) is 19.2. The predicted octanol–water partition coefficient (Wildman–Crippen LogP) is 0.810. The van der Waals surface area contributed by atoms with Gasteiger partial charge >= 0.3 is 5.97 Å². The van der Waals surface area contributed by atoms with E-state index in [9.17, 15) is 39.0 Å². The topological polar surface area (TPSA) is 222 Å². The number of phenolic OH excluding ortho intramolecular Hbond substituents is 1. The Morgan fingerprint density at radius 1 is 0.906 bits per heavy atom. The van der Waals surface area contributed by atoms with Crippen LogP contribution in [-0.2, 0) is 41.6 Å². The van der Waals surface area contributed by atoms with Crippen molar-refractivity contribution < 1.29 is 39.0 Å². The summed E-state index contributed by atoms with van der Waals surface area (Å²) in [5, 5.41) is 34.5. The lowest BCUT2D eigenvalue weighted by Crippen LogP contribution is -2.57. The van der Waals surface area contributed by atoms with Crippen molar-refractivity contribution in [1.29, 1.82) is 0 Å². The number of hydrogen-bond donors (Lipinski definition) is 8. The van der Waals surface area contributed by atoms with Crippen molar-refractivity contribution >= 4 is 58.2 Å². The van der Waals surface area contributed by atoms with Crippen molar-refractivity contribution in [3.05, 3.63) is 65.9 Å². The fourth-order valence-electron chi connectivity index (χ4n) is 6.78. The van der Waals surface area contributed by atoms with Crippen LogP contribution in [0.1, 0.15) is 43.2 Å². The van der Waals surface area contributed by atoms with Crippen molar-refractivity contribution in [3.63, 3.8) is 0 Å². The number of nitrogens with one attached hydrogen (secondary N) is 6. The molecule has 16 heteroatoms. The number of thioether (sulfide) groups is 1. The number of aromatic nitrogens is 1. The SMILES string of the molecule is CSCC[C@H](NC(=O)[C@@H]1CCCN1)C(=O)NCC(=O)N[C@@H](Cc1ccc(O)cc1)C(=O)N1CCC[C@H]1C(=O)N[C@@H](Cc1c[nH]c2ccccc12)C(=O)O. The smallest absolute Gasteiger partial charge is 0.326 e. The number of carbonyl (C=O) groups excluding carboxylic acids is 5. The van der Waals surface area contributed by atoms with Crippen LogP contribution < -0.4 is 26.6 Å². The first-order valence-electron chi connectivity index (χ1n) is 17.8. The van der Waals surface area contributed by atoms with Crippen molar-refractivity contribution in [2.45, 2.75) is 75.2 Å². The van der Waals surface area contributed by atoms with E-state index in [1.165, 1.54) is 28.8 Å². The summed E-state index contributed by atoms with van der Waals surface area (Å²) in [5.74, 6) is -3.22. The molecular formula is C37H47N7O8S. The quantitative estimate of drug-likeness (QED) is 0.0971. The van der Waals surface area contributed by atoms with Crippen LogP contribution in [0.25, 0.3) is 10.9 Å². The van der Waals surface area contributed by atoms with Gasteiger partial charge in [-0.3, -0.25) is 24.0 Å². The van der Waals surface area contributed by atoms with Crippen LogP contribution in [0.4, 0.5) is 0 Å². The molecule has 3 aromatic rings. The predicted molar refractivity (Wildman–Crippen MR) is 199 cm³/mol. The Labute approximate surface area is 311 Å². The number of rotatable bonds is 17. The van der Waals surface area contributed by atoms with Crippen LogP contribution >= 0.6 is 11.8 Å². The normalized spacial score (nSPS) is 18.5. The van der Waals surface area contributed by atoms with Gasteiger partial charge < -0.3 is 46.7 Å². The number of nitrogens with zero attached hydrogens (tertiary/aromatic N) is 1. The zero-order valence-electron chi connectivity index (χ0n) is 29.6. The molecule has 2 aromatic carbocycles. The van der Waals surface area contributed by atoms with E-state index in [1.807, 2.05) is 30.5 Å². The molecule has 284 valence electrons. The summed E-state index contributed by atoms with van der Waals surface area (Å²) in [7, 11) is 0. The third-order valence-electron chi connectivity index (χ3n) is 9.61. The number of para-hydroxylation sites is 1. The second kappa shape index (κ2) is 18.6. The van der Waals surface area contributed by atoms with E-state index in [0.29, 0.717) is 37.0 Å². The number of aromatic amines is 1. The lowest BCUT2D eigenvalue weighted by molar-refractivity contribution is -0.144. The molecule has 5 amide bonds. The summed E-state index contributed by atoms with van der Waals surface area (Å²) >= 11 is 1.52. The van der Waals surface area contributed by atoms with Gasteiger partial charge in [0, 0.05) is 36.5 Å². The van der Waals surface area contributed by atoms with Gasteiger partial charge in [0.05, 0.1) is 12.6 Å². The van der Waals surface area contributed by atoms with Gasteiger partial charge in [-0.25, -0.2) is 4.79 Å². The van der Waals surface area contributed by atoms with E-state index in [0.717, 1.165) is 29.4 Å². The Morgan fingerprint density at radius 3 is 2.38 bits per heavy atom. The largest absolute Gasteiger partial charge is 0.508 e. The summed E-state index contributed by atoms with van der Waals surface area (Å²) in [6.07, 6.45) is 6.32. The molecular weight excluding hydrogens is 703 g/mol. The minimum Gasteiger partial charge on any atom is -0.508 e. The van der Waals surface area contributed by atoms with Crippen LogP contribution in [0, 0.1) is 0 Å². The zero-order chi connectivity index (χ0) is 37.9. The third kappa shape index (κ3) is 10.5. The number of likely N-dealkylation sites (tertiary alicyclic amines) is 1. The van der Waals surface area contributed by atoms with Gasteiger partial charge in [0.15, 0.2) is 0 Å². The Hall–Kier alpha value is -5.09. The summed E-state index contributed by atoms with van der Waals surface area (Å²) in [6.45, 7) is 0.466. The molecule has 15 nitrogen and oxygen atoms in total. The van der Waals surface area contributed by atoms with E-state index in [1.54, 1.807) is 18.3 Å². The molecule has 0 aliphatic carbocycles. The third-order valence-corrected chi connectivity index (χ3v) is 10.2. The Bertz CT molecular complexity index is 1780. The summed E-state index contributed by atoms with van der Waals surface area (Å²) < 4.78 is 0. The van der Waals surface area contributed by atoms with E-state index in [-0.39, 0.29) is 37.1 Å². The Kier molecular flexibility index (Phi) is 13.7. The number of H-pyrrole nitrogens is 1. The summed E-state index contributed by atoms with van der Waals surface area (Å²) in [5.41, 5.74) is 2.18. The molecule has 2 aliphatic rings. The first kappa shape index (κ1) is 39.1. The standard InChI is InChI=1S/C37H47N7O8S/c1-53-17-14-28(42-34(48)27-8-4-15-38-27)33(47)40-21-32(46)41-29(18-22-10-12-24(45)13-11-22)36(50)44-16-5-9-31(44)35(49)43-30(37(51)52)19-23-20-39-26-7-3-2-6-25(23)26/h2-3,6-7,10-13,20,27-31,38-39,45H,4-5,8-9,14-19,21H2,1H3,(H,40,47)(H,41,46)(H,42,48)(H,43,49)(H,51,52)/t27-,28-,29-,30-,31-/m0/s1. The maximum Gasteiger partial charge on any atom is 0.326 e. The van der Waals surface area contributed by atoms with Crippen molar-refractivity contribution in [3.8, 4) is 5.75 Å². The molecule has 5 atom stereocenters. The van der Waals surface area contributed by atoms with Gasteiger partial charge in [-0.1, -0.05) is 30.3 Å². The number of aliphatic carboxylic acids is 1. The average Bonchev–Trinajstić information content (AvgIpc) is 3.94. The van der Waals surface area contributed by atoms with E-state index < -0.39 is 60.3 Å². The van der Waals surface area contributed by atoms with Crippen molar-refractivity contribution in [1.82, 2.24) is 36.5 Å². The van der Waals surface area contributed by atoms with Crippen LogP contribution in [-0.4, -0.2) is 117 Å². The highest BCUT2D eigenvalue weighted by atomic mass is 32.2. The van der Waals surface area contributed by atoms with Crippen molar-refractivity contribution in [2.24, 2.45) is 0 Å². The van der Waals surface area contributed by atoms with Gasteiger partial charge in [-0.2, -0.15) is 11.8 Å². The van der Waals surface area contributed by atoms with Gasteiger partial charge in [0.25, 0.3) is 0 Å².